The van der Waals surface area contributed by atoms with Gasteiger partial charge in [0.1, 0.15) is 0 Å². The van der Waals surface area contributed by atoms with E-state index < -0.39 is 0 Å². The number of nitrogens with one attached hydrogen (secondary N) is 1. The van der Waals surface area contributed by atoms with Gasteiger partial charge in [-0.25, -0.2) is 0 Å². The standard InChI is InChI=1S/C25H34N2O5/c1-17-12-20(24(32-5)23(13-17)31-4)25(28)26-9-6-7-10-27-11-8-18-14-21(29-2)22(30-3)15-19(18)16-27/h12-15H,6-11,16H2,1-5H3,(H,26,28). The molecule has 0 fully saturated rings. The molecule has 1 amide bonds. The maximum absolute atomic E-state index is 12.7. The summed E-state index contributed by atoms with van der Waals surface area (Å²) in [5.74, 6) is 2.46. The average molecular weight is 443 g/mol. The SMILES string of the molecule is COc1cc2c(cc1OC)CN(CCCCNC(=O)c1cc(C)cc(OC)c1OC)CC2. The monoisotopic (exact) mass is 442 g/mol. The first-order valence-electron chi connectivity index (χ1n) is 11.0. The molecule has 0 saturated heterocycles. The van der Waals surface area contributed by atoms with Gasteiger partial charge in [0.05, 0.1) is 34.0 Å². The van der Waals surface area contributed by atoms with Crippen LogP contribution in [0.3, 0.4) is 0 Å². The fourth-order valence-electron chi connectivity index (χ4n) is 4.16. The molecule has 2 aromatic rings. The van der Waals surface area contributed by atoms with Crippen molar-refractivity contribution in [1.29, 1.82) is 0 Å². The van der Waals surface area contributed by atoms with Crippen LogP contribution in [-0.4, -0.2) is 58.9 Å². The highest BCUT2D eigenvalue weighted by Gasteiger charge is 2.20. The van der Waals surface area contributed by atoms with Crippen LogP contribution in [0.4, 0.5) is 0 Å². The molecule has 0 aliphatic carbocycles. The molecule has 1 aliphatic heterocycles. The zero-order chi connectivity index (χ0) is 23.1. The Kier molecular flexibility index (Phi) is 8.22. The molecule has 1 aliphatic rings. The first-order chi connectivity index (χ1) is 15.5. The second-order valence-corrected chi connectivity index (χ2v) is 8.01. The molecule has 0 atom stereocenters. The lowest BCUT2D eigenvalue weighted by Gasteiger charge is -2.29. The third-order valence-electron chi connectivity index (χ3n) is 5.85. The average Bonchev–Trinajstić information content (AvgIpc) is 2.81. The summed E-state index contributed by atoms with van der Waals surface area (Å²) in [6.07, 6.45) is 2.92. The smallest absolute Gasteiger partial charge is 0.255 e. The Hall–Kier alpha value is -2.93. The van der Waals surface area contributed by atoms with Crippen molar-refractivity contribution in [2.24, 2.45) is 0 Å². The van der Waals surface area contributed by atoms with Crippen molar-refractivity contribution in [3.8, 4) is 23.0 Å². The van der Waals surface area contributed by atoms with Crippen LogP contribution in [-0.2, 0) is 13.0 Å². The van der Waals surface area contributed by atoms with Crippen LogP contribution in [0, 0.1) is 6.92 Å². The normalized spacial score (nSPS) is 13.3. The second kappa shape index (κ2) is 11.1. The van der Waals surface area contributed by atoms with Crippen LogP contribution in [0.1, 0.15) is 39.9 Å². The van der Waals surface area contributed by atoms with Crippen LogP contribution in [0.15, 0.2) is 24.3 Å². The lowest BCUT2D eigenvalue weighted by atomic mass is 9.98. The van der Waals surface area contributed by atoms with Crippen LogP contribution >= 0.6 is 0 Å². The molecule has 1 heterocycles. The number of benzene rings is 2. The summed E-state index contributed by atoms with van der Waals surface area (Å²) < 4.78 is 21.6. The number of fused-ring (bicyclic) bond motifs is 1. The van der Waals surface area contributed by atoms with E-state index in [1.165, 1.54) is 11.1 Å². The third kappa shape index (κ3) is 5.46. The van der Waals surface area contributed by atoms with Crippen LogP contribution in [0.5, 0.6) is 23.0 Å². The van der Waals surface area contributed by atoms with Gasteiger partial charge < -0.3 is 24.3 Å². The van der Waals surface area contributed by atoms with Crippen molar-refractivity contribution in [1.82, 2.24) is 10.2 Å². The van der Waals surface area contributed by atoms with E-state index in [2.05, 4.69) is 22.3 Å². The molecule has 174 valence electrons. The number of carbonyl (C=O) groups is 1. The summed E-state index contributed by atoms with van der Waals surface area (Å²) in [7, 11) is 6.46. The van der Waals surface area contributed by atoms with E-state index in [0.29, 0.717) is 23.6 Å². The Balaban J connectivity index is 1.48. The minimum Gasteiger partial charge on any atom is -0.493 e. The highest BCUT2D eigenvalue weighted by molar-refractivity contribution is 5.98. The van der Waals surface area contributed by atoms with Gasteiger partial charge in [-0.2, -0.15) is 0 Å². The summed E-state index contributed by atoms with van der Waals surface area (Å²) in [6, 6.07) is 7.86. The van der Waals surface area contributed by atoms with E-state index >= 15 is 0 Å². The number of ether oxygens (including phenoxy) is 4. The molecular formula is C25H34N2O5. The molecule has 0 bridgehead atoms. The van der Waals surface area contributed by atoms with E-state index in [1.54, 1.807) is 28.4 Å². The van der Waals surface area contributed by atoms with Crippen molar-refractivity contribution in [3.05, 3.63) is 46.5 Å². The van der Waals surface area contributed by atoms with Crippen molar-refractivity contribution >= 4 is 5.91 Å². The first-order valence-corrected chi connectivity index (χ1v) is 11.0. The van der Waals surface area contributed by atoms with Gasteiger partial charge >= 0.3 is 0 Å². The maximum Gasteiger partial charge on any atom is 0.255 e. The third-order valence-corrected chi connectivity index (χ3v) is 5.85. The molecule has 3 rings (SSSR count). The van der Waals surface area contributed by atoms with Gasteiger partial charge in [0.15, 0.2) is 23.0 Å². The molecule has 0 aromatic heterocycles. The van der Waals surface area contributed by atoms with E-state index in [4.69, 9.17) is 18.9 Å². The predicted octanol–water partition coefficient (Wildman–Crippen LogP) is 3.60. The number of nitrogens with zero attached hydrogens (tertiary/aromatic N) is 1. The zero-order valence-electron chi connectivity index (χ0n) is 19.7. The fourth-order valence-corrected chi connectivity index (χ4v) is 4.16. The quantitative estimate of drug-likeness (QED) is 0.567. The van der Waals surface area contributed by atoms with Crippen LogP contribution in [0.25, 0.3) is 0 Å². The summed E-state index contributed by atoms with van der Waals surface area (Å²) in [5, 5.41) is 3.01. The Morgan fingerprint density at radius 2 is 1.59 bits per heavy atom. The van der Waals surface area contributed by atoms with Gasteiger partial charge in [-0.1, -0.05) is 0 Å². The highest BCUT2D eigenvalue weighted by Crippen LogP contribution is 2.34. The van der Waals surface area contributed by atoms with Gasteiger partial charge in [0.25, 0.3) is 5.91 Å². The predicted molar refractivity (Wildman–Crippen MR) is 124 cm³/mol. The molecule has 0 radical (unpaired) electrons. The van der Waals surface area contributed by atoms with E-state index in [-0.39, 0.29) is 5.91 Å². The van der Waals surface area contributed by atoms with Gasteiger partial charge in [0.2, 0.25) is 0 Å². The number of carbonyl (C=O) groups excluding carboxylic acids is 1. The van der Waals surface area contributed by atoms with Gasteiger partial charge in [-0.05, 0) is 73.7 Å². The van der Waals surface area contributed by atoms with E-state index in [9.17, 15) is 4.79 Å². The lowest BCUT2D eigenvalue weighted by molar-refractivity contribution is 0.0948. The molecule has 7 nitrogen and oxygen atoms in total. The number of hydrogen-bond acceptors (Lipinski definition) is 6. The number of amides is 1. The topological polar surface area (TPSA) is 69.3 Å². The largest absolute Gasteiger partial charge is 0.493 e. The van der Waals surface area contributed by atoms with E-state index in [0.717, 1.165) is 56.0 Å². The molecule has 2 aromatic carbocycles. The lowest BCUT2D eigenvalue weighted by Crippen LogP contribution is -2.32. The summed E-state index contributed by atoms with van der Waals surface area (Å²) in [5.41, 5.74) is 4.07. The van der Waals surface area contributed by atoms with Gasteiger partial charge in [0, 0.05) is 19.6 Å². The van der Waals surface area contributed by atoms with E-state index in [1.807, 2.05) is 19.1 Å². The first kappa shape index (κ1) is 23.7. The van der Waals surface area contributed by atoms with Gasteiger partial charge in [-0.3, -0.25) is 9.69 Å². The highest BCUT2D eigenvalue weighted by atomic mass is 16.5. The molecular weight excluding hydrogens is 408 g/mol. The van der Waals surface area contributed by atoms with Crippen molar-refractivity contribution in [3.63, 3.8) is 0 Å². The Labute approximate surface area is 190 Å². The molecule has 1 N–H and O–H groups in total. The Morgan fingerprint density at radius 3 is 2.25 bits per heavy atom. The van der Waals surface area contributed by atoms with Crippen molar-refractivity contribution in [2.75, 3.05) is 48.1 Å². The fraction of sp³-hybridized carbons (Fsp3) is 0.480. The zero-order valence-corrected chi connectivity index (χ0v) is 19.7. The number of rotatable bonds is 10. The number of unbranched alkanes of at least 4 members (excludes halogenated alkanes) is 1. The number of methoxy groups -OCH3 is 4. The van der Waals surface area contributed by atoms with Crippen molar-refractivity contribution < 1.29 is 23.7 Å². The molecule has 32 heavy (non-hydrogen) atoms. The van der Waals surface area contributed by atoms with Gasteiger partial charge in [-0.15, -0.1) is 0 Å². The molecule has 7 heteroatoms. The maximum atomic E-state index is 12.7. The molecule has 0 spiro atoms. The second-order valence-electron chi connectivity index (χ2n) is 8.01. The Bertz CT molecular complexity index is 944. The summed E-state index contributed by atoms with van der Waals surface area (Å²) in [6.45, 7) is 5.47. The Morgan fingerprint density at radius 1 is 0.906 bits per heavy atom. The minimum absolute atomic E-state index is 0.142. The summed E-state index contributed by atoms with van der Waals surface area (Å²) >= 11 is 0. The molecule has 0 unspecified atom stereocenters. The van der Waals surface area contributed by atoms with Crippen LogP contribution in [0.2, 0.25) is 0 Å². The van der Waals surface area contributed by atoms with Crippen molar-refractivity contribution in [2.45, 2.75) is 32.7 Å². The minimum atomic E-state index is -0.142. The summed E-state index contributed by atoms with van der Waals surface area (Å²) in [4.78, 5) is 15.1. The number of aryl methyl sites for hydroxylation is 1. The van der Waals surface area contributed by atoms with Crippen LogP contribution < -0.4 is 24.3 Å². The molecule has 0 saturated carbocycles. The number of hydrogen-bond donors (Lipinski definition) is 1.